The van der Waals surface area contributed by atoms with Gasteiger partial charge in [-0.25, -0.2) is 9.98 Å². The van der Waals surface area contributed by atoms with Gasteiger partial charge in [-0.2, -0.15) is 4.98 Å². The highest BCUT2D eigenvalue weighted by Gasteiger charge is 2.24. The van der Waals surface area contributed by atoms with Crippen molar-refractivity contribution in [1.29, 1.82) is 0 Å². The van der Waals surface area contributed by atoms with Crippen LogP contribution in [0.3, 0.4) is 0 Å². The van der Waals surface area contributed by atoms with E-state index in [0.29, 0.717) is 10.6 Å². The van der Waals surface area contributed by atoms with Crippen LogP contribution < -0.4 is 5.32 Å². The largest absolute Gasteiger partial charge is 0.343 e. The van der Waals surface area contributed by atoms with E-state index >= 15 is 0 Å². The van der Waals surface area contributed by atoms with E-state index in [0.717, 1.165) is 0 Å². The number of dihydropyridines is 1. The summed E-state index contributed by atoms with van der Waals surface area (Å²) in [6.45, 7) is 0.0580. The van der Waals surface area contributed by atoms with Crippen molar-refractivity contribution < 1.29 is 14.1 Å². The fraction of sp³-hybridized carbons (Fsp3) is 0.200. The maximum Gasteiger partial charge on any atom is 0.260 e. The summed E-state index contributed by atoms with van der Waals surface area (Å²) in [6, 6.07) is 3.39. The Labute approximate surface area is 141 Å². The molecule has 3 rings (SSSR count). The molecule has 1 aliphatic heterocycles. The Morgan fingerprint density at radius 1 is 1.46 bits per heavy atom. The Morgan fingerprint density at radius 3 is 3.12 bits per heavy atom. The third-order valence-electron chi connectivity index (χ3n) is 3.23. The molecule has 0 bridgehead atoms. The summed E-state index contributed by atoms with van der Waals surface area (Å²) in [6.07, 6.45) is 8.18. The van der Waals surface area contributed by atoms with Crippen LogP contribution in [-0.2, 0) is 11.3 Å². The van der Waals surface area contributed by atoms with Crippen LogP contribution in [0.1, 0.15) is 28.0 Å². The van der Waals surface area contributed by atoms with Gasteiger partial charge in [0.1, 0.15) is 10.9 Å². The Kier molecular flexibility index (Phi) is 4.80. The third-order valence-corrected chi connectivity index (χ3v) is 3.94. The number of allylic oxidation sites excluding steroid dienone is 1. The minimum atomic E-state index is -0.649. The minimum Gasteiger partial charge on any atom is -0.343 e. The number of hydrogen-bond acceptors (Lipinski definition) is 7. The van der Waals surface area contributed by atoms with Gasteiger partial charge < -0.3 is 9.84 Å². The Bertz CT molecular complexity index is 830. The quantitative estimate of drug-likeness (QED) is 0.816. The predicted octanol–water partition coefficient (Wildman–Crippen LogP) is 1.37. The molecule has 0 aliphatic carbocycles. The highest BCUT2D eigenvalue weighted by molar-refractivity contribution is 7.98. The van der Waals surface area contributed by atoms with Crippen molar-refractivity contribution in [3.63, 3.8) is 0 Å². The lowest BCUT2D eigenvalue weighted by Crippen LogP contribution is -2.24. The first kappa shape index (κ1) is 16.1. The van der Waals surface area contributed by atoms with Crippen LogP contribution >= 0.6 is 11.8 Å². The van der Waals surface area contributed by atoms with E-state index in [-0.39, 0.29) is 30.1 Å². The molecule has 1 unspecified atom stereocenters. The van der Waals surface area contributed by atoms with Crippen LogP contribution in [-0.4, -0.2) is 39.4 Å². The fourth-order valence-corrected chi connectivity index (χ4v) is 2.63. The number of rotatable bonds is 5. The summed E-state index contributed by atoms with van der Waals surface area (Å²) in [5.74, 6) is -0.851. The van der Waals surface area contributed by atoms with Gasteiger partial charge in [-0.3, -0.25) is 9.59 Å². The molecule has 2 aromatic rings. The number of aromatic nitrogens is 3. The first-order chi connectivity index (χ1) is 11.7. The molecule has 0 fully saturated rings. The van der Waals surface area contributed by atoms with Gasteiger partial charge in [-0.15, -0.1) is 11.8 Å². The van der Waals surface area contributed by atoms with Gasteiger partial charge in [0.05, 0.1) is 12.1 Å². The van der Waals surface area contributed by atoms with Gasteiger partial charge >= 0.3 is 0 Å². The first-order valence-electron chi connectivity index (χ1n) is 7.03. The van der Waals surface area contributed by atoms with Crippen molar-refractivity contribution in [2.45, 2.75) is 17.5 Å². The summed E-state index contributed by atoms with van der Waals surface area (Å²) in [5, 5.41) is 7.11. The molecule has 24 heavy (non-hydrogen) atoms. The summed E-state index contributed by atoms with van der Waals surface area (Å²) < 4.78 is 5.07. The second-order valence-corrected chi connectivity index (χ2v) is 5.56. The molecular formula is C15H13N5O3S. The van der Waals surface area contributed by atoms with Gasteiger partial charge in [0.25, 0.3) is 11.8 Å². The zero-order valence-corrected chi connectivity index (χ0v) is 13.5. The van der Waals surface area contributed by atoms with E-state index in [9.17, 15) is 9.59 Å². The second-order valence-electron chi connectivity index (χ2n) is 4.77. The normalized spacial score (nSPS) is 16.4. The van der Waals surface area contributed by atoms with Crippen LogP contribution in [0.25, 0.3) is 0 Å². The molecule has 0 aromatic carbocycles. The van der Waals surface area contributed by atoms with Crippen LogP contribution in [0, 0.1) is 0 Å². The number of nitrogens with zero attached hydrogens (tertiary/aromatic N) is 4. The van der Waals surface area contributed by atoms with E-state index in [1.807, 2.05) is 6.26 Å². The molecule has 2 amide bonds. The lowest BCUT2D eigenvalue weighted by Gasteiger charge is -2.06. The van der Waals surface area contributed by atoms with Crippen LogP contribution in [0.4, 0.5) is 0 Å². The predicted molar refractivity (Wildman–Crippen MR) is 86.9 cm³/mol. The number of pyridine rings is 1. The number of hydrogen-bond donors (Lipinski definition) is 1. The molecule has 122 valence electrons. The number of aliphatic imine (C=N–C) groups is 1. The zero-order valence-electron chi connectivity index (χ0n) is 12.7. The summed E-state index contributed by atoms with van der Waals surface area (Å²) in [7, 11) is 0. The Balaban J connectivity index is 1.65. The van der Waals surface area contributed by atoms with E-state index < -0.39 is 5.92 Å². The molecule has 1 N–H and O–H groups in total. The van der Waals surface area contributed by atoms with E-state index in [1.165, 1.54) is 18.0 Å². The van der Waals surface area contributed by atoms with Crippen molar-refractivity contribution >= 4 is 29.8 Å². The zero-order chi connectivity index (χ0) is 16.9. The van der Waals surface area contributed by atoms with Gasteiger partial charge in [0, 0.05) is 12.4 Å². The van der Waals surface area contributed by atoms with Crippen molar-refractivity contribution in [2.75, 3.05) is 6.26 Å². The molecule has 0 saturated heterocycles. The molecule has 0 radical (unpaired) electrons. The minimum absolute atomic E-state index is 0.0580. The molecule has 3 heterocycles. The van der Waals surface area contributed by atoms with Crippen molar-refractivity contribution in [2.24, 2.45) is 4.99 Å². The van der Waals surface area contributed by atoms with E-state index in [1.54, 1.807) is 30.5 Å². The van der Waals surface area contributed by atoms with Crippen LogP contribution in [0.5, 0.6) is 0 Å². The lowest BCUT2D eigenvalue weighted by molar-refractivity contribution is -0.118. The Hall–Kier alpha value is -2.81. The Morgan fingerprint density at radius 2 is 2.33 bits per heavy atom. The van der Waals surface area contributed by atoms with Crippen molar-refractivity contribution in [1.82, 2.24) is 20.4 Å². The van der Waals surface area contributed by atoms with E-state index in [4.69, 9.17) is 4.52 Å². The first-order valence-corrected chi connectivity index (χ1v) is 8.26. The molecule has 0 saturated carbocycles. The van der Waals surface area contributed by atoms with Gasteiger partial charge in [0.15, 0.2) is 5.82 Å². The highest BCUT2D eigenvalue weighted by Crippen LogP contribution is 2.19. The number of carbonyl (C=O) groups excluding carboxylic acids is 2. The molecule has 1 aliphatic rings. The number of carbonyl (C=O) groups is 2. The maximum absolute atomic E-state index is 12.2. The van der Waals surface area contributed by atoms with E-state index in [2.05, 4.69) is 25.4 Å². The van der Waals surface area contributed by atoms with Crippen molar-refractivity contribution in [3.8, 4) is 0 Å². The highest BCUT2D eigenvalue weighted by atomic mass is 32.2. The monoisotopic (exact) mass is 343 g/mol. The maximum atomic E-state index is 12.2. The smallest absolute Gasteiger partial charge is 0.260 e. The molecule has 0 spiro atoms. The van der Waals surface area contributed by atoms with Gasteiger partial charge in [0.2, 0.25) is 5.89 Å². The second kappa shape index (κ2) is 7.18. The molecule has 9 heteroatoms. The molecule has 2 aromatic heterocycles. The number of amides is 2. The average molecular weight is 343 g/mol. The van der Waals surface area contributed by atoms with Crippen molar-refractivity contribution in [3.05, 3.63) is 47.8 Å². The number of thioether (sulfide) groups is 1. The standard InChI is InChI=1S/C15H13N5O3S/c1-24-15-10(5-3-7-17-15)14(22)18-8-11-19-12(20-23-11)9-4-2-6-16-13(9)21/h2-7,9H,8H2,1H3,(H,18,22). The molecular weight excluding hydrogens is 330 g/mol. The van der Waals surface area contributed by atoms with Crippen LogP contribution in [0.15, 0.2) is 45.0 Å². The summed E-state index contributed by atoms with van der Waals surface area (Å²) >= 11 is 1.39. The van der Waals surface area contributed by atoms with Crippen LogP contribution in [0.2, 0.25) is 0 Å². The van der Waals surface area contributed by atoms with Gasteiger partial charge in [-0.05, 0) is 24.5 Å². The summed E-state index contributed by atoms with van der Waals surface area (Å²) in [4.78, 5) is 35.8. The SMILES string of the molecule is CSc1ncccc1C(=O)NCc1nc(C2C=CC=NC2=O)no1. The fourth-order valence-electron chi connectivity index (χ4n) is 2.08. The summed E-state index contributed by atoms with van der Waals surface area (Å²) in [5.41, 5.74) is 0.476. The van der Waals surface area contributed by atoms with Gasteiger partial charge in [-0.1, -0.05) is 11.2 Å². The average Bonchev–Trinajstić information content (AvgIpc) is 3.08. The topological polar surface area (TPSA) is 110 Å². The lowest BCUT2D eigenvalue weighted by atomic mass is 10.1. The molecule has 8 nitrogen and oxygen atoms in total. The number of nitrogens with one attached hydrogen (secondary N) is 1. The third kappa shape index (κ3) is 3.40. The molecule has 1 atom stereocenters.